The van der Waals surface area contributed by atoms with Gasteiger partial charge in [-0.05, 0) is 12.1 Å². The number of rotatable bonds is 4. The van der Waals surface area contributed by atoms with Crippen LogP contribution in [0.4, 0.5) is 0 Å². The predicted molar refractivity (Wildman–Crippen MR) is 77.8 cm³/mol. The smallest absolute Gasteiger partial charge is 0.303 e. The fraction of sp³-hybridized carbons (Fsp3) is 0.467. The molecule has 3 atom stereocenters. The third-order valence-electron chi connectivity index (χ3n) is 2.93. The van der Waals surface area contributed by atoms with E-state index in [-0.39, 0.29) is 18.0 Å². The Morgan fingerprint density at radius 3 is 2.33 bits per heavy atom. The molecule has 0 unspecified atom stereocenters. The SMILES string of the molecule is CC(=O)O[C@H]1CO[C@@H](Sc2ccccc2)C[C@@H]1OC(C)=O. The zero-order valence-electron chi connectivity index (χ0n) is 12.0. The number of hydrogen-bond acceptors (Lipinski definition) is 6. The van der Waals surface area contributed by atoms with E-state index in [1.54, 1.807) is 11.8 Å². The summed E-state index contributed by atoms with van der Waals surface area (Å²) in [6.45, 7) is 2.90. The van der Waals surface area contributed by atoms with Crippen LogP contribution in [0.25, 0.3) is 0 Å². The molecule has 1 aliphatic heterocycles. The number of ether oxygens (including phenoxy) is 3. The Kier molecular flexibility index (Phi) is 5.64. The van der Waals surface area contributed by atoms with Crippen LogP contribution >= 0.6 is 11.8 Å². The summed E-state index contributed by atoms with van der Waals surface area (Å²) < 4.78 is 16.1. The monoisotopic (exact) mass is 310 g/mol. The maximum atomic E-state index is 11.2. The second-order valence-electron chi connectivity index (χ2n) is 4.73. The molecule has 6 heteroatoms. The summed E-state index contributed by atoms with van der Waals surface area (Å²) in [4.78, 5) is 23.4. The minimum Gasteiger partial charge on any atom is -0.458 e. The van der Waals surface area contributed by atoms with E-state index in [9.17, 15) is 9.59 Å². The average Bonchev–Trinajstić information content (AvgIpc) is 2.42. The van der Waals surface area contributed by atoms with Crippen molar-refractivity contribution in [3.63, 3.8) is 0 Å². The number of carbonyl (C=O) groups excluding carboxylic acids is 2. The molecule has 21 heavy (non-hydrogen) atoms. The van der Waals surface area contributed by atoms with Gasteiger partial charge in [-0.15, -0.1) is 0 Å². The molecule has 0 aliphatic carbocycles. The van der Waals surface area contributed by atoms with E-state index < -0.39 is 18.2 Å². The van der Waals surface area contributed by atoms with Gasteiger partial charge in [0, 0.05) is 25.2 Å². The summed E-state index contributed by atoms with van der Waals surface area (Å²) in [6.07, 6.45) is -0.530. The zero-order valence-corrected chi connectivity index (χ0v) is 12.8. The van der Waals surface area contributed by atoms with Gasteiger partial charge in [-0.25, -0.2) is 0 Å². The van der Waals surface area contributed by atoms with Gasteiger partial charge < -0.3 is 14.2 Å². The third-order valence-corrected chi connectivity index (χ3v) is 4.07. The first-order valence-corrected chi connectivity index (χ1v) is 7.60. The Labute approximate surface area is 127 Å². The highest BCUT2D eigenvalue weighted by atomic mass is 32.2. The zero-order chi connectivity index (χ0) is 15.2. The van der Waals surface area contributed by atoms with E-state index in [1.807, 2.05) is 30.3 Å². The van der Waals surface area contributed by atoms with Gasteiger partial charge in [0.25, 0.3) is 0 Å². The van der Waals surface area contributed by atoms with E-state index >= 15 is 0 Å². The first kappa shape index (κ1) is 15.9. The minimum absolute atomic E-state index is 0.136. The predicted octanol–water partition coefficient (Wildman–Crippen LogP) is 2.39. The molecule has 1 aromatic rings. The average molecular weight is 310 g/mol. The van der Waals surface area contributed by atoms with Crippen LogP contribution in [0.5, 0.6) is 0 Å². The van der Waals surface area contributed by atoms with Gasteiger partial charge in [0.05, 0.1) is 6.61 Å². The van der Waals surface area contributed by atoms with Crippen LogP contribution in [0.1, 0.15) is 20.3 Å². The van der Waals surface area contributed by atoms with E-state index in [0.717, 1.165) is 4.90 Å². The Morgan fingerprint density at radius 1 is 1.10 bits per heavy atom. The van der Waals surface area contributed by atoms with Crippen molar-refractivity contribution in [2.45, 2.75) is 42.8 Å². The summed E-state index contributed by atoms with van der Waals surface area (Å²) in [6, 6.07) is 9.84. The lowest BCUT2D eigenvalue weighted by Gasteiger charge is -2.34. The molecule has 1 aliphatic rings. The molecule has 0 amide bonds. The first-order chi connectivity index (χ1) is 10.0. The van der Waals surface area contributed by atoms with Crippen LogP contribution in [0.3, 0.4) is 0 Å². The number of benzene rings is 1. The van der Waals surface area contributed by atoms with Crippen LogP contribution < -0.4 is 0 Å². The Hall–Kier alpha value is -1.53. The molecular weight excluding hydrogens is 292 g/mol. The molecule has 2 rings (SSSR count). The highest BCUT2D eigenvalue weighted by molar-refractivity contribution is 7.99. The summed E-state index contributed by atoms with van der Waals surface area (Å²) >= 11 is 1.56. The maximum absolute atomic E-state index is 11.2. The molecule has 5 nitrogen and oxygen atoms in total. The van der Waals surface area contributed by atoms with Crippen molar-refractivity contribution in [1.29, 1.82) is 0 Å². The highest BCUT2D eigenvalue weighted by Crippen LogP contribution is 2.32. The van der Waals surface area contributed by atoms with Gasteiger partial charge >= 0.3 is 11.9 Å². The molecule has 0 bridgehead atoms. The lowest BCUT2D eigenvalue weighted by atomic mass is 10.1. The van der Waals surface area contributed by atoms with Crippen molar-refractivity contribution in [2.24, 2.45) is 0 Å². The molecule has 1 heterocycles. The second kappa shape index (κ2) is 7.47. The van der Waals surface area contributed by atoms with Crippen LogP contribution in [0.2, 0.25) is 0 Å². The molecular formula is C15H18O5S. The molecule has 1 saturated heterocycles. The topological polar surface area (TPSA) is 61.8 Å². The van der Waals surface area contributed by atoms with Crippen molar-refractivity contribution in [3.8, 4) is 0 Å². The van der Waals surface area contributed by atoms with Crippen molar-refractivity contribution in [2.75, 3.05) is 6.61 Å². The molecule has 114 valence electrons. The molecule has 1 fully saturated rings. The molecule has 0 radical (unpaired) electrons. The van der Waals surface area contributed by atoms with Gasteiger partial charge in [-0.2, -0.15) is 0 Å². The van der Waals surface area contributed by atoms with Crippen LogP contribution in [0.15, 0.2) is 35.2 Å². The fourth-order valence-corrected chi connectivity index (χ4v) is 3.16. The highest BCUT2D eigenvalue weighted by Gasteiger charge is 2.36. The lowest BCUT2D eigenvalue weighted by molar-refractivity contribution is -0.181. The van der Waals surface area contributed by atoms with Gasteiger partial charge in [-0.1, -0.05) is 30.0 Å². The van der Waals surface area contributed by atoms with Crippen molar-refractivity contribution < 1.29 is 23.8 Å². The number of hydrogen-bond donors (Lipinski definition) is 0. The molecule has 0 spiro atoms. The maximum Gasteiger partial charge on any atom is 0.303 e. The number of thioether (sulfide) groups is 1. The molecule has 1 aromatic carbocycles. The van der Waals surface area contributed by atoms with Crippen LogP contribution in [-0.2, 0) is 23.8 Å². The third kappa shape index (κ3) is 5.06. The number of carbonyl (C=O) groups is 2. The summed E-state index contributed by atoms with van der Waals surface area (Å²) in [7, 11) is 0. The van der Waals surface area contributed by atoms with Crippen molar-refractivity contribution in [1.82, 2.24) is 0 Å². The summed E-state index contributed by atoms with van der Waals surface area (Å²) in [5.41, 5.74) is -0.136. The number of esters is 2. The largest absolute Gasteiger partial charge is 0.458 e. The van der Waals surface area contributed by atoms with Gasteiger partial charge in [0.15, 0.2) is 6.10 Å². The summed E-state index contributed by atoms with van der Waals surface area (Å²) in [5.74, 6) is -0.794. The van der Waals surface area contributed by atoms with Crippen LogP contribution in [-0.4, -0.2) is 36.2 Å². The van der Waals surface area contributed by atoms with E-state index in [4.69, 9.17) is 14.2 Å². The van der Waals surface area contributed by atoms with Gasteiger partial charge in [-0.3, -0.25) is 9.59 Å². The molecule has 0 saturated carbocycles. The Balaban J connectivity index is 1.98. The van der Waals surface area contributed by atoms with Crippen LogP contribution in [0, 0.1) is 0 Å². The lowest BCUT2D eigenvalue weighted by Crippen LogP contribution is -2.45. The normalized spacial score (nSPS) is 25.1. The second-order valence-corrected chi connectivity index (χ2v) is 5.96. The Bertz CT molecular complexity index is 490. The van der Waals surface area contributed by atoms with E-state index in [0.29, 0.717) is 6.42 Å². The van der Waals surface area contributed by atoms with E-state index in [1.165, 1.54) is 13.8 Å². The Morgan fingerprint density at radius 2 is 1.71 bits per heavy atom. The minimum atomic E-state index is -0.543. The van der Waals surface area contributed by atoms with Gasteiger partial charge in [0.2, 0.25) is 0 Å². The van der Waals surface area contributed by atoms with Crippen molar-refractivity contribution in [3.05, 3.63) is 30.3 Å². The molecule has 0 N–H and O–H groups in total. The quantitative estimate of drug-likeness (QED) is 0.796. The molecule has 0 aromatic heterocycles. The van der Waals surface area contributed by atoms with Gasteiger partial charge in [0.1, 0.15) is 11.5 Å². The fourth-order valence-electron chi connectivity index (χ4n) is 2.11. The van der Waals surface area contributed by atoms with Crippen molar-refractivity contribution >= 4 is 23.7 Å². The summed E-state index contributed by atoms with van der Waals surface area (Å²) in [5, 5.41) is 0. The van der Waals surface area contributed by atoms with E-state index in [2.05, 4.69) is 0 Å². The first-order valence-electron chi connectivity index (χ1n) is 6.72. The standard InChI is InChI=1S/C15H18O5S/c1-10(16)19-13-8-15(18-9-14(13)20-11(2)17)21-12-6-4-3-5-7-12/h3-7,13-15H,8-9H2,1-2H3/t13-,14-,15-/m0/s1.